The van der Waals surface area contributed by atoms with Gasteiger partial charge in [-0.1, -0.05) is 19.4 Å². The molecule has 1 heterocycles. The second-order valence-electron chi connectivity index (χ2n) is 11.3. The molecule has 160 valence electrons. The van der Waals surface area contributed by atoms with E-state index in [9.17, 15) is 5.26 Å². The molecule has 3 nitrogen and oxygen atoms in total. The van der Waals surface area contributed by atoms with E-state index in [-0.39, 0.29) is 6.29 Å². The molecule has 0 spiro atoms. The van der Waals surface area contributed by atoms with Crippen molar-refractivity contribution in [3.05, 3.63) is 11.6 Å². The first-order valence-electron chi connectivity index (χ1n) is 12.4. The summed E-state index contributed by atoms with van der Waals surface area (Å²) in [5.74, 6) is 3.39. The van der Waals surface area contributed by atoms with Gasteiger partial charge in [-0.3, -0.25) is 0 Å². The zero-order valence-electron chi connectivity index (χ0n) is 18.5. The first-order valence-corrected chi connectivity index (χ1v) is 12.4. The van der Waals surface area contributed by atoms with Crippen molar-refractivity contribution in [2.75, 3.05) is 6.61 Å². The molecule has 8 atom stereocenters. The zero-order valence-corrected chi connectivity index (χ0v) is 18.5. The molecule has 29 heavy (non-hydrogen) atoms. The summed E-state index contributed by atoms with van der Waals surface area (Å²) in [5, 5.41) is 9.25. The van der Waals surface area contributed by atoms with Crippen molar-refractivity contribution < 1.29 is 9.47 Å². The van der Waals surface area contributed by atoms with Gasteiger partial charge in [-0.25, -0.2) is 0 Å². The summed E-state index contributed by atoms with van der Waals surface area (Å²) in [7, 11) is 0. The average molecular weight is 398 g/mol. The molecule has 4 aliphatic carbocycles. The second-order valence-corrected chi connectivity index (χ2v) is 11.3. The molecule has 1 aliphatic heterocycles. The smallest absolute Gasteiger partial charge is 0.157 e. The highest BCUT2D eigenvalue weighted by Crippen LogP contribution is 2.67. The maximum absolute atomic E-state index is 9.25. The van der Waals surface area contributed by atoms with E-state index in [0.717, 1.165) is 43.1 Å². The van der Waals surface area contributed by atoms with Crippen LogP contribution >= 0.6 is 0 Å². The van der Waals surface area contributed by atoms with Crippen LogP contribution in [-0.4, -0.2) is 19.0 Å². The fraction of sp³-hybridized carbons (Fsp3) is 0.885. The van der Waals surface area contributed by atoms with Gasteiger partial charge < -0.3 is 9.47 Å². The lowest BCUT2D eigenvalue weighted by molar-refractivity contribution is -0.211. The number of fused-ring (bicyclic) bond motifs is 5. The van der Waals surface area contributed by atoms with Crippen LogP contribution < -0.4 is 0 Å². The van der Waals surface area contributed by atoms with Crippen LogP contribution in [0, 0.1) is 45.8 Å². The van der Waals surface area contributed by atoms with Crippen LogP contribution in [0.15, 0.2) is 11.6 Å². The summed E-state index contributed by atoms with van der Waals surface area (Å²) in [4.78, 5) is 0. The average Bonchev–Trinajstić information content (AvgIpc) is 3.06. The molecule has 0 aromatic heterocycles. The van der Waals surface area contributed by atoms with Crippen molar-refractivity contribution >= 4 is 0 Å². The van der Waals surface area contributed by atoms with E-state index in [1.165, 1.54) is 69.8 Å². The maximum atomic E-state index is 9.25. The Morgan fingerprint density at radius 2 is 1.93 bits per heavy atom. The molecule has 3 heteroatoms. The van der Waals surface area contributed by atoms with Crippen molar-refractivity contribution in [2.45, 2.75) is 103 Å². The third-order valence-electron chi connectivity index (χ3n) is 10.2. The number of hydrogen-bond donors (Lipinski definition) is 0. The SMILES string of the molecule is CC12CCC3C(CCC4CC(OC5CCCCO5)CCC43C)C1CCC2=CC#N. The highest BCUT2D eigenvalue weighted by Gasteiger charge is 2.59. The van der Waals surface area contributed by atoms with Crippen LogP contribution in [0.5, 0.6) is 0 Å². The van der Waals surface area contributed by atoms with E-state index in [4.69, 9.17) is 9.47 Å². The van der Waals surface area contributed by atoms with E-state index in [1.54, 1.807) is 0 Å². The van der Waals surface area contributed by atoms with Gasteiger partial charge in [-0.15, -0.1) is 0 Å². The van der Waals surface area contributed by atoms with Gasteiger partial charge in [0.1, 0.15) is 0 Å². The van der Waals surface area contributed by atoms with Gasteiger partial charge in [-0.05, 0) is 112 Å². The Morgan fingerprint density at radius 1 is 1.03 bits per heavy atom. The van der Waals surface area contributed by atoms with Crippen LogP contribution in [0.3, 0.4) is 0 Å². The molecule has 8 unspecified atom stereocenters. The quantitative estimate of drug-likeness (QED) is 0.400. The summed E-state index contributed by atoms with van der Waals surface area (Å²) in [6, 6.07) is 2.34. The summed E-state index contributed by atoms with van der Waals surface area (Å²) >= 11 is 0. The van der Waals surface area contributed by atoms with Crippen LogP contribution in [0.4, 0.5) is 0 Å². The Labute approximate surface area is 177 Å². The fourth-order valence-electron chi connectivity index (χ4n) is 8.54. The number of ether oxygens (including phenoxy) is 2. The van der Waals surface area contributed by atoms with Crippen molar-refractivity contribution in [1.82, 2.24) is 0 Å². The van der Waals surface area contributed by atoms with Crippen molar-refractivity contribution in [1.29, 1.82) is 5.26 Å². The minimum atomic E-state index is 0.0636. The molecule has 0 bridgehead atoms. The Balaban J connectivity index is 1.29. The molecule has 0 aromatic carbocycles. The minimum Gasteiger partial charge on any atom is -0.353 e. The molecule has 4 saturated carbocycles. The molecule has 0 radical (unpaired) electrons. The number of hydrogen-bond acceptors (Lipinski definition) is 3. The van der Waals surface area contributed by atoms with Crippen LogP contribution in [0.25, 0.3) is 0 Å². The predicted molar refractivity (Wildman–Crippen MR) is 114 cm³/mol. The molecule has 0 amide bonds. The number of allylic oxidation sites excluding steroid dienone is 2. The van der Waals surface area contributed by atoms with E-state index in [2.05, 4.69) is 19.9 Å². The van der Waals surface area contributed by atoms with E-state index < -0.39 is 0 Å². The maximum Gasteiger partial charge on any atom is 0.157 e. The van der Waals surface area contributed by atoms with Crippen LogP contribution in [0.1, 0.15) is 90.9 Å². The fourth-order valence-corrected chi connectivity index (χ4v) is 8.54. The normalized spacial score (nSPS) is 51.0. The molecular formula is C26H39NO2. The summed E-state index contributed by atoms with van der Waals surface area (Å²) < 4.78 is 12.3. The lowest BCUT2D eigenvalue weighted by Gasteiger charge is -2.60. The third-order valence-corrected chi connectivity index (χ3v) is 10.2. The Bertz CT molecular complexity index is 689. The standard InChI is InChI=1S/C26H39NO2/c1-25-14-11-23-21(22(25)9-7-18(25)12-15-27)8-6-19-17-20(10-13-26(19,23)2)29-24-5-3-4-16-28-24/h12,19-24H,3-11,13-14,16-17H2,1-2H3. The second kappa shape index (κ2) is 7.69. The van der Waals surface area contributed by atoms with Crippen molar-refractivity contribution in [2.24, 2.45) is 34.5 Å². The molecule has 0 N–H and O–H groups in total. The largest absolute Gasteiger partial charge is 0.353 e. The molecule has 5 rings (SSSR count). The van der Waals surface area contributed by atoms with Gasteiger partial charge in [0.05, 0.1) is 12.2 Å². The highest BCUT2D eigenvalue weighted by atomic mass is 16.7. The number of nitrogens with zero attached hydrogens (tertiary/aromatic N) is 1. The molecule has 5 aliphatic rings. The van der Waals surface area contributed by atoms with Gasteiger partial charge >= 0.3 is 0 Å². The molecule has 0 aromatic rings. The van der Waals surface area contributed by atoms with Crippen LogP contribution in [-0.2, 0) is 9.47 Å². The Morgan fingerprint density at radius 3 is 2.72 bits per heavy atom. The lowest BCUT2D eigenvalue weighted by Crippen LogP contribution is -2.53. The number of rotatable bonds is 2. The van der Waals surface area contributed by atoms with E-state index >= 15 is 0 Å². The number of nitriles is 1. The van der Waals surface area contributed by atoms with Crippen molar-refractivity contribution in [3.63, 3.8) is 0 Å². The summed E-state index contributed by atoms with van der Waals surface area (Å²) in [6.07, 6.45) is 17.6. The van der Waals surface area contributed by atoms with Gasteiger partial charge in [0.25, 0.3) is 0 Å². The van der Waals surface area contributed by atoms with Gasteiger partial charge in [0.2, 0.25) is 0 Å². The summed E-state index contributed by atoms with van der Waals surface area (Å²) in [5.41, 5.74) is 2.26. The van der Waals surface area contributed by atoms with Crippen LogP contribution in [0.2, 0.25) is 0 Å². The first-order chi connectivity index (χ1) is 14.0. The third kappa shape index (κ3) is 3.30. The first kappa shape index (κ1) is 20.1. The summed E-state index contributed by atoms with van der Waals surface area (Å²) in [6.45, 7) is 5.99. The molecular weight excluding hydrogens is 358 g/mol. The Kier molecular flexibility index (Phi) is 5.32. The van der Waals surface area contributed by atoms with Crippen molar-refractivity contribution in [3.8, 4) is 6.07 Å². The van der Waals surface area contributed by atoms with E-state index in [0.29, 0.717) is 16.9 Å². The molecule has 1 saturated heterocycles. The van der Waals surface area contributed by atoms with E-state index in [1.807, 2.05) is 6.08 Å². The molecule has 5 fully saturated rings. The van der Waals surface area contributed by atoms with Gasteiger partial charge in [0.15, 0.2) is 6.29 Å². The predicted octanol–water partition coefficient (Wildman–Crippen LogP) is 6.39. The minimum absolute atomic E-state index is 0.0636. The zero-order chi connectivity index (χ0) is 20.1. The monoisotopic (exact) mass is 397 g/mol. The highest BCUT2D eigenvalue weighted by molar-refractivity contribution is 5.28. The Hall–Kier alpha value is -0.850. The van der Waals surface area contributed by atoms with Gasteiger partial charge in [-0.2, -0.15) is 5.26 Å². The topological polar surface area (TPSA) is 42.2 Å². The van der Waals surface area contributed by atoms with Gasteiger partial charge in [0, 0.05) is 12.7 Å². The lowest BCUT2D eigenvalue weighted by atomic mass is 9.45.